The summed E-state index contributed by atoms with van der Waals surface area (Å²) >= 11 is 0. The predicted molar refractivity (Wildman–Crippen MR) is 82.1 cm³/mol. The van der Waals surface area contributed by atoms with E-state index in [0.717, 1.165) is 37.3 Å². The molecule has 4 nitrogen and oxygen atoms in total. The fourth-order valence-corrected chi connectivity index (χ4v) is 2.45. The van der Waals surface area contributed by atoms with Crippen molar-refractivity contribution < 1.29 is 9.90 Å². The maximum atomic E-state index is 11.5. The molecule has 1 aromatic rings. The molecule has 2 rings (SSSR count). The van der Waals surface area contributed by atoms with E-state index >= 15 is 0 Å². The molecule has 110 valence electrons. The van der Waals surface area contributed by atoms with Crippen molar-refractivity contribution in [3.8, 4) is 0 Å². The highest BCUT2D eigenvalue weighted by molar-refractivity contribution is 5.94. The van der Waals surface area contributed by atoms with Gasteiger partial charge in [-0.1, -0.05) is 13.8 Å². The Kier molecular flexibility index (Phi) is 4.33. The number of nitrogens with zero attached hydrogens (tertiary/aromatic N) is 1. The Bertz CT molecular complexity index is 495. The standard InChI is InChI=1S/C16H24N2O2/c1-4-16(3,11-19)10-17-14-5-6-15-13(9-14)7-8-18(15)12(2)20/h5-6,9,17,19H,4,7-8,10-11H2,1-3H3. The molecule has 1 atom stereocenters. The van der Waals surface area contributed by atoms with Crippen molar-refractivity contribution in [2.45, 2.75) is 33.6 Å². The molecule has 0 radical (unpaired) electrons. The Morgan fingerprint density at radius 3 is 2.85 bits per heavy atom. The quantitative estimate of drug-likeness (QED) is 0.868. The van der Waals surface area contributed by atoms with E-state index < -0.39 is 0 Å². The van der Waals surface area contributed by atoms with Crippen LogP contribution in [0.2, 0.25) is 0 Å². The lowest BCUT2D eigenvalue weighted by molar-refractivity contribution is -0.116. The first-order valence-corrected chi connectivity index (χ1v) is 7.25. The van der Waals surface area contributed by atoms with Gasteiger partial charge in [0.25, 0.3) is 0 Å². The second-order valence-corrected chi connectivity index (χ2v) is 5.94. The molecule has 0 spiro atoms. The number of rotatable bonds is 5. The van der Waals surface area contributed by atoms with E-state index in [1.54, 1.807) is 6.92 Å². The second kappa shape index (κ2) is 5.83. The molecule has 2 N–H and O–H groups in total. The number of nitrogens with one attached hydrogen (secondary N) is 1. The van der Waals surface area contributed by atoms with E-state index in [1.165, 1.54) is 5.56 Å². The predicted octanol–water partition coefficient (Wildman–Crippen LogP) is 2.42. The number of aliphatic hydroxyl groups is 1. The Morgan fingerprint density at radius 1 is 1.50 bits per heavy atom. The zero-order valence-corrected chi connectivity index (χ0v) is 12.6. The number of aliphatic hydroxyl groups excluding tert-OH is 1. The first-order valence-electron chi connectivity index (χ1n) is 7.25. The molecule has 0 saturated heterocycles. The summed E-state index contributed by atoms with van der Waals surface area (Å²) in [5.41, 5.74) is 3.21. The summed E-state index contributed by atoms with van der Waals surface area (Å²) in [4.78, 5) is 13.3. The molecule has 0 saturated carbocycles. The van der Waals surface area contributed by atoms with Crippen LogP contribution in [0.4, 0.5) is 11.4 Å². The second-order valence-electron chi connectivity index (χ2n) is 5.94. The molecule has 1 aromatic carbocycles. The fourth-order valence-electron chi connectivity index (χ4n) is 2.45. The van der Waals surface area contributed by atoms with Crippen molar-refractivity contribution in [1.29, 1.82) is 0 Å². The summed E-state index contributed by atoms with van der Waals surface area (Å²) in [5.74, 6) is 0.100. The van der Waals surface area contributed by atoms with E-state index in [1.807, 2.05) is 17.0 Å². The van der Waals surface area contributed by atoms with Crippen LogP contribution in [0.15, 0.2) is 18.2 Å². The largest absolute Gasteiger partial charge is 0.396 e. The summed E-state index contributed by atoms with van der Waals surface area (Å²) in [6.07, 6.45) is 1.84. The number of amides is 1. The van der Waals surface area contributed by atoms with Crippen LogP contribution in [0, 0.1) is 5.41 Å². The molecular weight excluding hydrogens is 252 g/mol. The van der Waals surface area contributed by atoms with Crippen LogP contribution >= 0.6 is 0 Å². The van der Waals surface area contributed by atoms with Crippen LogP contribution < -0.4 is 10.2 Å². The molecule has 0 aliphatic carbocycles. The van der Waals surface area contributed by atoms with Crippen molar-refractivity contribution >= 4 is 17.3 Å². The topological polar surface area (TPSA) is 52.6 Å². The van der Waals surface area contributed by atoms with E-state index in [-0.39, 0.29) is 17.9 Å². The van der Waals surface area contributed by atoms with E-state index in [2.05, 4.69) is 25.2 Å². The molecule has 0 fully saturated rings. The minimum atomic E-state index is -0.0928. The number of anilines is 2. The van der Waals surface area contributed by atoms with Crippen molar-refractivity contribution in [2.75, 3.05) is 29.9 Å². The molecule has 1 aliphatic heterocycles. The van der Waals surface area contributed by atoms with Gasteiger partial charge in [0.15, 0.2) is 0 Å². The van der Waals surface area contributed by atoms with Crippen molar-refractivity contribution in [3.63, 3.8) is 0 Å². The van der Waals surface area contributed by atoms with Crippen molar-refractivity contribution in [2.24, 2.45) is 5.41 Å². The molecular formula is C16H24N2O2. The Hall–Kier alpha value is -1.55. The molecule has 0 bridgehead atoms. The first-order chi connectivity index (χ1) is 9.49. The first kappa shape index (κ1) is 14.9. The highest BCUT2D eigenvalue weighted by Gasteiger charge is 2.23. The van der Waals surface area contributed by atoms with Crippen LogP contribution in [0.25, 0.3) is 0 Å². The zero-order valence-electron chi connectivity index (χ0n) is 12.6. The van der Waals surface area contributed by atoms with Gasteiger partial charge in [0, 0.05) is 36.8 Å². The zero-order chi connectivity index (χ0) is 14.8. The average molecular weight is 276 g/mol. The molecule has 1 aliphatic rings. The summed E-state index contributed by atoms with van der Waals surface area (Å²) in [7, 11) is 0. The summed E-state index contributed by atoms with van der Waals surface area (Å²) in [5, 5.41) is 12.8. The van der Waals surface area contributed by atoms with Crippen LogP contribution in [0.3, 0.4) is 0 Å². The molecule has 0 aromatic heterocycles. The lowest BCUT2D eigenvalue weighted by Gasteiger charge is -2.26. The third-order valence-electron chi connectivity index (χ3n) is 4.31. The lowest BCUT2D eigenvalue weighted by Crippen LogP contribution is -2.29. The lowest BCUT2D eigenvalue weighted by atomic mass is 9.88. The minimum Gasteiger partial charge on any atom is -0.396 e. The van der Waals surface area contributed by atoms with Gasteiger partial charge in [-0.15, -0.1) is 0 Å². The number of fused-ring (bicyclic) bond motifs is 1. The number of carbonyl (C=O) groups is 1. The minimum absolute atomic E-state index is 0.0928. The van der Waals surface area contributed by atoms with Crippen molar-refractivity contribution in [1.82, 2.24) is 0 Å². The monoisotopic (exact) mass is 276 g/mol. The van der Waals surface area contributed by atoms with Crippen LogP contribution in [-0.2, 0) is 11.2 Å². The van der Waals surface area contributed by atoms with Crippen molar-refractivity contribution in [3.05, 3.63) is 23.8 Å². The van der Waals surface area contributed by atoms with Gasteiger partial charge < -0.3 is 15.3 Å². The van der Waals surface area contributed by atoms with Crippen LogP contribution in [0.5, 0.6) is 0 Å². The molecule has 4 heteroatoms. The Labute approximate surface area is 120 Å². The van der Waals surface area contributed by atoms with Gasteiger partial charge in [0.1, 0.15) is 0 Å². The van der Waals surface area contributed by atoms with Gasteiger partial charge in [-0.25, -0.2) is 0 Å². The van der Waals surface area contributed by atoms with Crippen LogP contribution in [-0.4, -0.2) is 30.7 Å². The van der Waals surface area contributed by atoms with Gasteiger partial charge >= 0.3 is 0 Å². The maximum Gasteiger partial charge on any atom is 0.223 e. The highest BCUT2D eigenvalue weighted by Crippen LogP contribution is 2.31. The molecule has 1 amide bonds. The van der Waals surface area contributed by atoms with Crippen LogP contribution in [0.1, 0.15) is 32.8 Å². The van der Waals surface area contributed by atoms with Gasteiger partial charge in [0.05, 0.1) is 6.61 Å². The molecule has 1 unspecified atom stereocenters. The third kappa shape index (κ3) is 2.96. The number of benzene rings is 1. The smallest absolute Gasteiger partial charge is 0.223 e. The molecule has 20 heavy (non-hydrogen) atoms. The highest BCUT2D eigenvalue weighted by atomic mass is 16.3. The maximum absolute atomic E-state index is 11.5. The Morgan fingerprint density at radius 2 is 2.25 bits per heavy atom. The summed E-state index contributed by atoms with van der Waals surface area (Å²) < 4.78 is 0. The fraction of sp³-hybridized carbons (Fsp3) is 0.562. The summed E-state index contributed by atoms with van der Waals surface area (Å²) in [6.45, 7) is 7.47. The van der Waals surface area contributed by atoms with E-state index in [0.29, 0.717) is 0 Å². The summed E-state index contributed by atoms with van der Waals surface area (Å²) in [6, 6.07) is 6.13. The van der Waals surface area contributed by atoms with Gasteiger partial charge in [-0.05, 0) is 36.6 Å². The van der Waals surface area contributed by atoms with E-state index in [9.17, 15) is 9.90 Å². The van der Waals surface area contributed by atoms with Gasteiger partial charge in [0.2, 0.25) is 5.91 Å². The Balaban J connectivity index is 2.08. The van der Waals surface area contributed by atoms with Gasteiger partial charge in [-0.2, -0.15) is 0 Å². The number of hydrogen-bond donors (Lipinski definition) is 2. The number of carbonyl (C=O) groups excluding carboxylic acids is 1. The van der Waals surface area contributed by atoms with Gasteiger partial charge in [-0.3, -0.25) is 4.79 Å². The van der Waals surface area contributed by atoms with E-state index in [4.69, 9.17) is 0 Å². The normalized spacial score (nSPS) is 16.7. The number of hydrogen-bond acceptors (Lipinski definition) is 3. The SMILES string of the molecule is CCC(C)(CO)CNc1ccc2c(c1)CCN2C(C)=O. The average Bonchev–Trinajstić information content (AvgIpc) is 2.88. The third-order valence-corrected chi connectivity index (χ3v) is 4.31. The molecule has 1 heterocycles.